The fourth-order valence-corrected chi connectivity index (χ4v) is 4.24. The molecule has 4 rings (SSSR count). The van der Waals surface area contributed by atoms with Gasteiger partial charge in [-0.1, -0.05) is 18.2 Å². The molecule has 3 aromatic rings. The fraction of sp³-hybridized carbons (Fsp3) is 0.174. The molecular formula is C23H21FN2O5S. The average Bonchev–Trinajstić information content (AvgIpc) is 3.01. The lowest BCUT2D eigenvalue weighted by Gasteiger charge is -2.12. The van der Waals surface area contributed by atoms with Gasteiger partial charge in [-0.25, -0.2) is 12.8 Å². The van der Waals surface area contributed by atoms with Crippen LogP contribution in [-0.4, -0.2) is 27.5 Å². The Labute approximate surface area is 185 Å². The number of anilines is 2. The molecule has 0 saturated carbocycles. The van der Waals surface area contributed by atoms with Crippen molar-refractivity contribution in [3.05, 3.63) is 78.1 Å². The Hall–Kier alpha value is -3.59. The molecule has 1 aliphatic rings. The monoisotopic (exact) mass is 456 g/mol. The van der Waals surface area contributed by atoms with Gasteiger partial charge in [-0.05, 0) is 48.0 Å². The van der Waals surface area contributed by atoms with E-state index >= 15 is 0 Å². The zero-order chi connectivity index (χ0) is 22.6. The number of benzene rings is 3. The van der Waals surface area contributed by atoms with Crippen molar-refractivity contribution in [3.63, 3.8) is 0 Å². The van der Waals surface area contributed by atoms with Crippen LogP contribution in [0.2, 0.25) is 0 Å². The van der Waals surface area contributed by atoms with Crippen molar-refractivity contribution in [2.45, 2.75) is 17.7 Å². The van der Waals surface area contributed by atoms with Gasteiger partial charge in [0.2, 0.25) is 5.91 Å². The SMILES string of the molecule is O=C(Cc1ccccc1F)Nc1ccc(NS(=O)(=O)c2ccc3c(c2)OCCCO3)cc1. The molecule has 0 saturated heterocycles. The number of carbonyl (C=O) groups is 1. The molecule has 0 spiro atoms. The molecule has 1 amide bonds. The Bertz CT molecular complexity index is 1230. The predicted octanol–water partition coefficient (Wildman–Crippen LogP) is 3.97. The summed E-state index contributed by atoms with van der Waals surface area (Å²) in [6.45, 7) is 0.967. The van der Waals surface area contributed by atoms with E-state index < -0.39 is 15.8 Å². The lowest BCUT2D eigenvalue weighted by molar-refractivity contribution is -0.115. The lowest BCUT2D eigenvalue weighted by atomic mass is 10.1. The van der Waals surface area contributed by atoms with Gasteiger partial charge in [0.1, 0.15) is 5.82 Å². The number of ether oxygens (including phenoxy) is 2. The fourth-order valence-electron chi connectivity index (χ4n) is 3.17. The highest BCUT2D eigenvalue weighted by molar-refractivity contribution is 7.92. The highest BCUT2D eigenvalue weighted by Gasteiger charge is 2.19. The minimum absolute atomic E-state index is 0.0454. The van der Waals surface area contributed by atoms with E-state index in [2.05, 4.69) is 10.0 Å². The number of rotatable bonds is 6. The van der Waals surface area contributed by atoms with Crippen LogP contribution in [0.25, 0.3) is 0 Å². The number of halogens is 1. The zero-order valence-corrected chi connectivity index (χ0v) is 17.8. The Morgan fingerprint density at radius 3 is 2.34 bits per heavy atom. The van der Waals surface area contributed by atoms with E-state index in [1.807, 2.05) is 0 Å². The molecule has 0 radical (unpaired) electrons. The molecule has 0 bridgehead atoms. The quantitative estimate of drug-likeness (QED) is 0.586. The molecule has 0 fully saturated rings. The lowest BCUT2D eigenvalue weighted by Crippen LogP contribution is -2.15. The summed E-state index contributed by atoms with van der Waals surface area (Å²) in [6, 6.07) is 16.7. The van der Waals surface area contributed by atoms with Gasteiger partial charge in [0.15, 0.2) is 11.5 Å². The number of fused-ring (bicyclic) bond motifs is 1. The molecule has 9 heteroatoms. The Morgan fingerprint density at radius 1 is 0.906 bits per heavy atom. The normalized spacial score (nSPS) is 13.2. The van der Waals surface area contributed by atoms with E-state index in [0.29, 0.717) is 41.7 Å². The van der Waals surface area contributed by atoms with Gasteiger partial charge in [-0.2, -0.15) is 0 Å². The summed E-state index contributed by atoms with van der Waals surface area (Å²) in [5.74, 6) is 0.0769. The second-order valence-corrected chi connectivity index (χ2v) is 8.84. The summed E-state index contributed by atoms with van der Waals surface area (Å²) >= 11 is 0. The minimum Gasteiger partial charge on any atom is -0.490 e. The maximum Gasteiger partial charge on any atom is 0.262 e. The number of amides is 1. The van der Waals surface area contributed by atoms with E-state index in [1.54, 1.807) is 36.4 Å². The highest BCUT2D eigenvalue weighted by Crippen LogP contribution is 2.32. The smallest absolute Gasteiger partial charge is 0.262 e. The number of sulfonamides is 1. The first-order valence-electron chi connectivity index (χ1n) is 9.96. The van der Waals surface area contributed by atoms with E-state index in [-0.39, 0.29) is 17.2 Å². The van der Waals surface area contributed by atoms with E-state index in [4.69, 9.17) is 9.47 Å². The summed E-state index contributed by atoms with van der Waals surface area (Å²) in [5.41, 5.74) is 1.08. The number of hydrogen-bond acceptors (Lipinski definition) is 5. The van der Waals surface area contributed by atoms with Crippen molar-refractivity contribution in [1.29, 1.82) is 0 Å². The maximum absolute atomic E-state index is 13.7. The summed E-state index contributed by atoms with van der Waals surface area (Å²) < 4.78 is 52.8. The number of hydrogen-bond donors (Lipinski definition) is 2. The molecular weight excluding hydrogens is 435 g/mol. The Morgan fingerprint density at radius 2 is 1.59 bits per heavy atom. The van der Waals surface area contributed by atoms with Gasteiger partial charge in [0.25, 0.3) is 10.0 Å². The Balaban J connectivity index is 1.41. The van der Waals surface area contributed by atoms with Crippen LogP contribution >= 0.6 is 0 Å². The topological polar surface area (TPSA) is 93.7 Å². The number of carbonyl (C=O) groups excluding carboxylic acids is 1. The van der Waals surface area contributed by atoms with Crippen LogP contribution in [0, 0.1) is 5.82 Å². The van der Waals surface area contributed by atoms with Crippen LogP contribution < -0.4 is 19.5 Å². The molecule has 7 nitrogen and oxygen atoms in total. The maximum atomic E-state index is 13.7. The van der Waals surface area contributed by atoms with Gasteiger partial charge in [0, 0.05) is 23.9 Å². The standard InChI is InChI=1S/C23H21FN2O5S/c24-20-5-2-1-4-16(20)14-23(27)25-17-6-8-18(9-7-17)26-32(28,29)19-10-11-21-22(15-19)31-13-3-12-30-21/h1-2,4-11,15,26H,3,12-14H2,(H,25,27). The molecule has 1 heterocycles. The third-order valence-corrected chi connectivity index (χ3v) is 6.14. The molecule has 32 heavy (non-hydrogen) atoms. The van der Waals surface area contributed by atoms with Crippen LogP contribution in [0.1, 0.15) is 12.0 Å². The summed E-state index contributed by atoms with van der Waals surface area (Å²) in [6.07, 6.45) is 0.614. The second kappa shape index (κ2) is 9.27. The molecule has 0 unspecified atom stereocenters. The van der Waals surface area contributed by atoms with Gasteiger partial charge in [-0.3, -0.25) is 9.52 Å². The summed E-state index contributed by atoms with van der Waals surface area (Å²) in [4.78, 5) is 12.2. The first kappa shape index (κ1) is 21.6. The third-order valence-electron chi connectivity index (χ3n) is 4.76. The van der Waals surface area contributed by atoms with E-state index in [0.717, 1.165) is 6.42 Å². The van der Waals surface area contributed by atoms with Crippen molar-refractivity contribution in [2.24, 2.45) is 0 Å². The molecule has 0 aliphatic carbocycles. The molecule has 1 aliphatic heterocycles. The summed E-state index contributed by atoms with van der Waals surface area (Å²) in [5, 5.41) is 2.67. The molecule has 0 atom stereocenters. The Kier molecular flexibility index (Phi) is 6.27. The van der Waals surface area contributed by atoms with E-state index in [1.165, 1.54) is 30.3 Å². The molecule has 0 aromatic heterocycles. The predicted molar refractivity (Wildman–Crippen MR) is 118 cm³/mol. The van der Waals surface area contributed by atoms with Crippen molar-refractivity contribution >= 4 is 27.3 Å². The zero-order valence-electron chi connectivity index (χ0n) is 17.0. The largest absolute Gasteiger partial charge is 0.490 e. The second-order valence-electron chi connectivity index (χ2n) is 7.16. The molecule has 3 aromatic carbocycles. The van der Waals surface area contributed by atoms with Gasteiger partial charge in [0.05, 0.1) is 24.5 Å². The molecule has 166 valence electrons. The highest BCUT2D eigenvalue weighted by atomic mass is 32.2. The molecule has 2 N–H and O–H groups in total. The summed E-state index contributed by atoms with van der Waals surface area (Å²) in [7, 11) is -3.85. The third kappa shape index (κ3) is 5.17. The van der Waals surface area contributed by atoms with Crippen LogP contribution in [0.15, 0.2) is 71.6 Å². The van der Waals surface area contributed by atoms with E-state index in [9.17, 15) is 17.6 Å². The van der Waals surface area contributed by atoms with Crippen LogP contribution in [0.5, 0.6) is 11.5 Å². The van der Waals surface area contributed by atoms with Crippen molar-refractivity contribution in [1.82, 2.24) is 0 Å². The van der Waals surface area contributed by atoms with Crippen LogP contribution in [-0.2, 0) is 21.2 Å². The van der Waals surface area contributed by atoms with Gasteiger partial charge in [-0.15, -0.1) is 0 Å². The van der Waals surface area contributed by atoms with Crippen molar-refractivity contribution in [3.8, 4) is 11.5 Å². The number of nitrogens with one attached hydrogen (secondary N) is 2. The van der Waals surface area contributed by atoms with Crippen LogP contribution in [0.4, 0.5) is 15.8 Å². The van der Waals surface area contributed by atoms with Gasteiger partial charge >= 0.3 is 0 Å². The van der Waals surface area contributed by atoms with Crippen molar-refractivity contribution < 1.29 is 27.1 Å². The average molecular weight is 456 g/mol. The minimum atomic E-state index is -3.85. The van der Waals surface area contributed by atoms with Crippen LogP contribution in [0.3, 0.4) is 0 Å². The van der Waals surface area contributed by atoms with Crippen molar-refractivity contribution in [2.75, 3.05) is 23.3 Å². The first-order valence-corrected chi connectivity index (χ1v) is 11.4. The first-order chi connectivity index (χ1) is 15.4. The van der Waals surface area contributed by atoms with Gasteiger partial charge < -0.3 is 14.8 Å².